The number of hydrogen-bond acceptors (Lipinski definition) is 3. The largest absolute Gasteiger partial charge is 0.491 e. The molecular weight excluding hydrogens is 250 g/mol. The summed E-state index contributed by atoms with van der Waals surface area (Å²) in [6, 6.07) is 8.73. The van der Waals surface area contributed by atoms with Gasteiger partial charge in [-0.05, 0) is 46.2 Å². The maximum Gasteiger partial charge on any atom is 0.124 e. The predicted molar refractivity (Wildman–Crippen MR) is 80.0 cm³/mol. The second kappa shape index (κ2) is 5.74. The van der Waals surface area contributed by atoms with Crippen molar-refractivity contribution in [3.05, 3.63) is 29.8 Å². The molecule has 0 aromatic heterocycles. The highest BCUT2D eigenvalue weighted by atomic mass is 16.5. The van der Waals surface area contributed by atoms with Gasteiger partial charge in [-0.2, -0.15) is 0 Å². The van der Waals surface area contributed by atoms with Gasteiger partial charge in [0.05, 0.1) is 18.3 Å². The fraction of sp³-hybridized carbons (Fsp3) is 0.647. The molecule has 1 aromatic rings. The highest BCUT2D eigenvalue weighted by molar-refractivity contribution is 5.37. The molecule has 4 unspecified atom stereocenters. The molecule has 2 bridgehead atoms. The smallest absolute Gasteiger partial charge is 0.124 e. The monoisotopic (exact) mass is 275 g/mol. The van der Waals surface area contributed by atoms with Crippen molar-refractivity contribution in [3.8, 4) is 5.75 Å². The van der Waals surface area contributed by atoms with E-state index in [1.807, 2.05) is 13.1 Å². The third-order valence-electron chi connectivity index (χ3n) is 4.51. The minimum Gasteiger partial charge on any atom is -0.491 e. The average molecular weight is 275 g/mol. The third-order valence-corrected chi connectivity index (χ3v) is 4.51. The van der Waals surface area contributed by atoms with Crippen molar-refractivity contribution in [2.24, 2.45) is 5.92 Å². The molecule has 2 aliphatic heterocycles. The standard InChI is InChI=1S/C17H25NO2/c1-11(2)19-15-7-5-4-6-13(15)17(18-3)14-10-12-8-9-16(14)20-12/h4-7,11-12,14,16-18H,8-10H2,1-3H3. The summed E-state index contributed by atoms with van der Waals surface area (Å²) in [7, 11) is 2.04. The van der Waals surface area contributed by atoms with Crippen LogP contribution in [0.3, 0.4) is 0 Å². The first kappa shape index (κ1) is 13.9. The molecule has 0 spiro atoms. The molecule has 0 radical (unpaired) electrons. The zero-order valence-corrected chi connectivity index (χ0v) is 12.6. The molecule has 20 heavy (non-hydrogen) atoms. The molecule has 2 saturated heterocycles. The molecule has 0 aliphatic carbocycles. The number of nitrogens with one attached hydrogen (secondary N) is 1. The lowest BCUT2D eigenvalue weighted by atomic mass is 9.81. The molecule has 0 saturated carbocycles. The molecule has 110 valence electrons. The summed E-state index contributed by atoms with van der Waals surface area (Å²) in [4.78, 5) is 0. The zero-order valence-electron chi connectivity index (χ0n) is 12.6. The first-order valence-electron chi connectivity index (χ1n) is 7.77. The Labute approximate surface area is 121 Å². The van der Waals surface area contributed by atoms with Crippen molar-refractivity contribution >= 4 is 0 Å². The molecule has 3 nitrogen and oxygen atoms in total. The second-order valence-corrected chi connectivity index (χ2v) is 6.24. The fourth-order valence-corrected chi connectivity index (χ4v) is 3.73. The van der Waals surface area contributed by atoms with Crippen LogP contribution in [0.15, 0.2) is 24.3 Å². The van der Waals surface area contributed by atoms with E-state index in [0.717, 1.165) is 5.75 Å². The van der Waals surface area contributed by atoms with Crippen LogP contribution in [0.5, 0.6) is 5.75 Å². The minimum atomic E-state index is 0.199. The number of benzene rings is 1. The molecule has 4 atom stereocenters. The highest BCUT2D eigenvalue weighted by Crippen LogP contribution is 2.46. The van der Waals surface area contributed by atoms with Gasteiger partial charge in [0.15, 0.2) is 0 Å². The molecule has 3 heteroatoms. The van der Waals surface area contributed by atoms with Crippen molar-refractivity contribution in [1.29, 1.82) is 0 Å². The normalized spacial score (nSPS) is 29.9. The molecule has 1 aromatic carbocycles. The van der Waals surface area contributed by atoms with E-state index in [4.69, 9.17) is 9.47 Å². The van der Waals surface area contributed by atoms with Crippen LogP contribution in [-0.4, -0.2) is 25.4 Å². The molecular formula is C17H25NO2. The van der Waals surface area contributed by atoms with Crippen LogP contribution in [0, 0.1) is 5.92 Å². The van der Waals surface area contributed by atoms with E-state index in [9.17, 15) is 0 Å². The van der Waals surface area contributed by atoms with Crippen LogP contribution in [0.25, 0.3) is 0 Å². The first-order valence-corrected chi connectivity index (χ1v) is 7.77. The molecule has 2 heterocycles. The predicted octanol–water partition coefficient (Wildman–Crippen LogP) is 3.30. The van der Waals surface area contributed by atoms with E-state index < -0.39 is 0 Å². The number of hydrogen-bond donors (Lipinski definition) is 1. The lowest BCUT2D eigenvalue weighted by Gasteiger charge is -2.30. The van der Waals surface area contributed by atoms with Crippen molar-refractivity contribution < 1.29 is 9.47 Å². The average Bonchev–Trinajstić information content (AvgIpc) is 3.03. The van der Waals surface area contributed by atoms with E-state index in [1.165, 1.54) is 24.8 Å². The van der Waals surface area contributed by atoms with Crippen molar-refractivity contribution in [2.45, 2.75) is 57.5 Å². The Balaban J connectivity index is 1.85. The third kappa shape index (κ3) is 2.57. The van der Waals surface area contributed by atoms with Gasteiger partial charge in [-0.3, -0.25) is 0 Å². The first-order chi connectivity index (χ1) is 9.69. The Kier molecular flexibility index (Phi) is 3.99. The van der Waals surface area contributed by atoms with Crippen LogP contribution < -0.4 is 10.1 Å². The molecule has 2 aliphatic rings. The summed E-state index contributed by atoms with van der Waals surface area (Å²) < 4.78 is 12.0. The second-order valence-electron chi connectivity index (χ2n) is 6.24. The van der Waals surface area contributed by atoms with Gasteiger partial charge >= 0.3 is 0 Å². The Morgan fingerprint density at radius 2 is 2.05 bits per heavy atom. The number of ether oxygens (including phenoxy) is 2. The maximum absolute atomic E-state index is 6.03. The van der Waals surface area contributed by atoms with Gasteiger partial charge in [0.2, 0.25) is 0 Å². The lowest BCUT2D eigenvalue weighted by Crippen LogP contribution is -2.32. The van der Waals surface area contributed by atoms with Gasteiger partial charge in [-0.25, -0.2) is 0 Å². The fourth-order valence-electron chi connectivity index (χ4n) is 3.73. The zero-order chi connectivity index (χ0) is 14.1. The van der Waals surface area contributed by atoms with E-state index in [-0.39, 0.29) is 6.10 Å². The number of fused-ring (bicyclic) bond motifs is 2. The Bertz CT molecular complexity index is 460. The van der Waals surface area contributed by atoms with Crippen molar-refractivity contribution in [3.63, 3.8) is 0 Å². The minimum absolute atomic E-state index is 0.199. The van der Waals surface area contributed by atoms with Crippen LogP contribution in [-0.2, 0) is 4.74 Å². The Hall–Kier alpha value is -1.06. The SMILES string of the molecule is CNC(c1ccccc1OC(C)C)C1CC2CCC1O2. The Morgan fingerprint density at radius 1 is 1.25 bits per heavy atom. The van der Waals surface area contributed by atoms with Gasteiger partial charge in [-0.1, -0.05) is 18.2 Å². The number of rotatable bonds is 5. The summed E-state index contributed by atoms with van der Waals surface area (Å²) in [6.45, 7) is 4.15. The number of para-hydroxylation sites is 1. The van der Waals surface area contributed by atoms with Crippen molar-refractivity contribution in [2.75, 3.05) is 7.05 Å². The van der Waals surface area contributed by atoms with Gasteiger partial charge in [0, 0.05) is 17.5 Å². The van der Waals surface area contributed by atoms with Crippen LogP contribution in [0.2, 0.25) is 0 Å². The van der Waals surface area contributed by atoms with Crippen molar-refractivity contribution in [1.82, 2.24) is 5.32 Å². The van der Waals surface area contributed by atoms with Crippen LogP contribution >= 0.6 is 0 Å². The van der Waals surface area contributed by atoms with E-state index in [0.29, 0.717) is 24.2 Å². The lowest BCUT2D eigenvalue weighted by molar-refractivity contribution is 0.0859. The van der Waals surface area contributed by atoms with Gasteiger partial charge < -0.3 is 14.8 Å². The molecule has 2 fully saturated rings. The van der Waals surface area contributed by atoms with Crippen LogP contribution in [0.4, 0.5) is 0 Å². The molecule has 1 N–H and O–H groups in total. The topological polar surface area (TPSA) is 30.5 Å². The van der Waals surface area contributed by atoms with Gasteiger partial charge in [0.25, 0.3) is 0 Å². The maximum atomic E-state index is 6.03. The summed E-state index contributed by atoms with van der Waals surface area (Å²) in [5.74, 6) is 1.57. The highest BCUT2D eigenvalue weighted by Gasteiger charge is 2.44. The van der Waals surface area contributed by atoms with E-state index in [1.54, 1.807) is 0 Å². The summed E-state index contributed by atoms with van der Waals surface area (Å²) in [5.41, 5.74) is 1.27. The molecule has 0 amide bonds. The quantitative estimate of drug-likeness (QED) is 0.894. The molecule has 3 rings (SSSR count). The summed E-state index contributed by atoms with van der Waals surface area (Å²) >= 11 is 0. The van der Waals surface area contributed by atoms with Gasteiger partial charge in [-0.15, -0.1) is 0 Å². The van der Waals surface area contributed by atoms with Gasteiger partial charge in [0.1, 0.15) is 5.75 Å². The summed E-state index contributed by atoms with van der Waals surface area (Å²) in [5, 5.41) is 3.50. The van der Waals surface area contributed by atoms with Crippen LogP contribution in [0.1, 0.15) is 44.7 Å². The van der Waals surface area contributed by atoms with E-state index in [2.05, 4.69) is 37.4 Å². The summed E-state index contributed by atoms with van der Waals surface area (Å²) in [6.07, 6.45) is 4.72. The Morgan fingerprint density at radius 3 is 2.65 bits per heavy atom. The van der Waals surface area contributed by atoms with E-state index >= 15 is 0 Å².